The van der Waals surface area contributed by atoms with E-state index >= 15 is 0 Å². The average Bonchev–Trinajstić information content (AvgIpc) is 3.04. The van der Waals surface area contributed by atoms with Crippen LogP contribution in [0.1, 0.15) is 41.9 Å². The summed E-state index contributed by atoms with van der Waals surface area (Å²) < 4.78 is 5.78. The number of aliphatic hydroxyl groups is 1. The van der Waals surface area contributed by atoms with Gasteiger partial charge in [0.05, 0.1) is 10.7 Å². The second kappa shape index (κ2) is 8.60. The van der Waals surface area contributed by atoms with Gasteiger partial charge < -0.3 is 15.2 Å². The Morgan fingerprint density at radius 1 is 1.25 bits per heavy atom. The average molecular weight is 346 g/mol. The first-order valence-electron chi connectivity index (χ1n) is 8.71. The maximum absolute atomic E-state index is 9.49. The Labute approximate surface area is 147 Å². The SMILES string of the molecule is Cc1nc(COc2ccc(CNC3CCCCC3CO)cc2)cs1. The van der Waals surface area contributed by atoms with E-state index in [4.69, 9.17) is 4.74 Å². The Bertz CT molecular complexity index is 627. The van der Waals surface area contributed by atoms with Crippen LogP contribution in [0.2, 0.25) is 0 Å². The highest BCUT2D eigenvalue weighted by Crippen LogP contribution is 2.24. The maximum Gasteiger partial charge on any atom is 0.131 e. The van der Waals surface area contributed by atoms with Gasteiger partial charge in [0.15, 0.2) is 0 Å². The number of aromatic nitrogens is 1. The zero-order valence-electron chi connectivity index (χ0n) is 14.2. The Balaban J connectivity index is 1.47. The Morgan fingerprint density at radius 2 is 2.04 bits per heavy atom. The number of aliphatic hydroxyl groups excluding tert-OH is 1. The maximum atomic E-state index is 9.49. The minimum atomic E-state index is 0.292. The molecule has 0 bridgehead atoms. The molecule has 1 aromatic carbocycles. The summed E-state index contributed by atoms with van der Waals surface area (Å²) in [4.78, 5) is 4.40. The number of rotatable bonds is 7. The molecule has 0 saturated heterocycles. The van der Waals surface area contributed by atoms with Gasteiger partial charge in [0.1, 0.15) is 12.4 Å². The fourth-order valence-electron chi connectivity index (χ4n) is 3.28. The standard InChI is InChI=1S/C19H26N2O2S/c1-14-21-17(13-24-14)12-23-18-8-6-15(7-9-18)10-20-19-5-3-2-4-16(19)11-22/h6-9,13,16,19-20,22H,2-5,10-12H2,1H3. The molecule has 2 N–H and O–H groups in total. The van der Waals surface area contributed by atoms with Gasteiger partial charge in [-0.1, -0.05) is 25.0 Å². The summed E-state index contributed by atoms with van der Waals surface area (Å²) in [5, 5.41) is 16.2. The van der Waals surface area contributed by atoms with Crippen molar-refractivity contribution in [3.8, 4) is 5.75 Å². The summed E-state index contributed by atoms with van der Waals surface area (Å²) in [6.07, 6.45) is 4.81. The molecule has 1 fully saturated rings. The molecule has 1 aliphatic carbocycles. The summed E-state index contributed by atoms with van der Waals surface area (Å²) >= 11 is 1.65. The summed E-state index contributed by atoms with van der Waals surface area (Å²) in [5.74, 6) is 1.28. The van der Waals surface area contributed by atoms with Crippen molar-refractivity contribution in [1.82, 2.24) is 10.3 Å². The number of thiazole rings is 1. The second-order valence-electron chi connectivity index (χ2n) is 6.50. The van der Waals surface area contributed by atoms with Crippen LogP contribution >= 0.6 is 11.3 Å². The summed E-state index contributed by atoms with van der Waals surface area (Å²) in [5.41, 5.74) is 2.23. The molecule has 3 rings (SSSR count). The van der Waals surface area contributed by atoms with Gasteiger partial charge in [-0.3, -0.25) is 0 Å². The van der Waals surface area contributed by atoms with Gasteiger partial charge in [0.25, 0.3) is 0 Å². The van der Waals surface area contributed by atoms with Crippen molar-refractivity contribution in [2.75, 3.05) is 6.61 Å². The third-order valence-electron chi connectivity index (χ3n) is 4.69. The zero-order valence-corrected chi connectivity index (χ0v) is 15.0. The summed E-state index contributed by atoms with van der Waals surface area (Å²) in [6.45, 7) is 3.65. The van der Waals surface area contributed by atoms with Gasteiger partial charge in [-0.25, -0.2) is 4.98 Å². The van der Waals surface area contributed by atoms with Crippen LogP contribution in [-0.2, 0) is 13.2 Å². The van der Waals surface area contributed by atoms with Crippen molar-refractivity contribution >= 4 is 11.3 Å². The molecule has 0 amide bonds. The fourth-order valence-corrected chi connectivity index (χ4v) is 3.88. The molecule has 0 radical (unpaired) electrons. The zero-order chi connectivity index (χ0) is 16.8. The normalized spacial score (nSPS) is 20.9. The van der Waals surface area contributed by atoms with E-state index < -0.39 is 0 Å². The van der Waals surface area contributed by atoms with Crippen molar-refractivity contribution < 1.29 is 9.84 Å². The molecule has 2 aromatic rings. The molecule has 5 heteroatoms. The topological polar surface area (TPSA) is 54.4 Å². The van der Waals surface area contributed by atoms with E-state index in [1.807, 2.05) is 24.4 Å². The Kier molecular flexibility index (Phi) is 6.24. The van der Waals surface area contributed by atoms with Gasteiger partial charge in [-0.05, 0) is 43.4 Å². The van der Waals surface area contributed by atoms with Gasteiger partial charge in [-0.15, -0.1) is 11.3 Å². The number of nitrogens with one attached hydrogen (secondary N) is 1. The van der Waals surface area contributed by atoms with Crippen LogP contribution in [0.4, 0.5) is 0 Å². The number of hydrogen-bond acceptors (Lipinski definition) is 5. The lowest BCUT2D eigenvalue weighted by molar-refractivity contribution is 0.152. The largest absolute Gasteiger partial charge is 0.487 e. The molecule has 1 aliphatic rings. The first-order chi connectivity index (χ1) is 11.7. The minimum absolute atomic E-state index is 0.292. The molecule has 1 saturated carbocycles. The van der Waals surface area contributed by atoms with Crippen molar-refractivity contribution in [1.29, 1.82) is 0 Å². The lowest BCUT2D eigenvalue weighted by atomic mass is 9.85. The van der Waals surface area contributed by atoms with Gasteiger partial charge in [0.2, 0.25) is 0 Å². The highest BCUT2D eigenvalue weighted by molar-refractivity contribution is 7.09. The molecular weight excluding hydrogens is 320 g/mol. The first-order valence-corrected chi connectivity index (χ1v) is 9.59. The Morgan fingerprint density at radius 3 is 2.75 bits per heavy atom. The Hall–Kier alpha value is -1.43. The predicted octanol–water partition coefficient (Wildman–Crippen LogP) is 3.67. The molecule has 1 heterocycles. The van der Waals surface area contributed by atoms with Crippen molar-refractivity contribution in [3.63, 3.8) is 0 Å². The van der Waals surface area contributed by atoms with E-state index in [0.29, 0.717) is 25.2 Å². The molecule has 130 valence electrons. The van der Waals surface area contributed by atoms with E-state index in [9.17, 15) is 5.11 Å². The third kappa shape index (κ3) is 4.79. The smallest absolute Gasteiger partial charge is 0.131 e. The highest BCUT2D eigenvalue weighted by atomic mass is 32.1. The van der Waals surface area contributed by atoms with E-state index in [-0.39, 0.29) is 0 Å². The molecule has 24 heavy (non-hydrogen) atoms. The number of hydrogen-bond donors (Lipinski definition) is 2. The first kappa shape index (κ1) is 17.4. The van der Waals surface area contributed by atoms with Crippen LogP contribution in [0.15, 0.2) is 29.6 Å². The van der Waals surface area contributed by atoms with Gasteiger partial charge in [-0.2, -0.15) is 0 Å². The van der Waals surface area contributed by atoms with Crippen LogP contribution in [0.25, 0.3) is 0 Å². The van der Waals surface area contributed by atoms with Crippen LogP contribution < -0.4 is 10.1 Å². The highest BCUT2D eigenvalue weighted by Gasteiger charge is 2.23. The number of ether oxygens (including phenoxy) is 1. The van der Waals surface area contributed by atoms with Gasteiger partial charge in [0, 0.05) is 24.6 Å². The fraction of sp³-hybridized carbons (Fsp3) is 0.526. The van der Waals surface area contributed by atoms with Crippen molar-refractivity contribution in [3.05, 3.63) is 45.9 Å². The van der Waals surface area contributed by atoms with Crippen LogP contribution in [-0.4, -0.2) is 22.7 Å². The quantitative estimate of drug-likeness (QED) is 0.803. The van der Waals surface area contributed by atoms with Gasteiger partial charge >= 0.3 is 0 Å². The van der Waals surface area contributed by atoms with E-state index in [0.717, 1.165) is 29.4 Å². The lowest BCUT2D eigenvalue weighted by Gasteiger charge is -2.31. The van der Waals surface area contributed by atoms with Crippen LogP contribution in [0.3, 0.4) is 0 Å². The minimum Gasteiger partial charge on any atom is -0.487 e. The second-order valence-corrected chi connectivity index (χ2v) is 7.57. The predicted molar refractivity (Wildman–Crippen MR) is 97.3 cm³/mol. The van der Waals surface area contributed by atoms with Crippen LogP contribution in [0, 0.1) is 12.8 Å². The monoisotopic (exact) mass is 346 g/mol. The molecule has 2 atom stereocenters. The molecule has 4 nitrogen and oxygen atoms in total. The van der Waals surface area contributed by atoms with E-state index in [2.05, 4.69) is 22.4 Å². The van der Waals surface area contributed by atoms with Crippen molar-refractivity contribution in [2.24, 2.45) is 5.92 Å². The summed E-state index contributed by atoms with van der Waals surface area (Å²) in [6, 6.07) is 8.67. The molecule has 0 spiro atoms. The van der Waals surface area contributed by atoms with Crippen molar-refractivity contribution in [2.45, 2.75) is 51.8 Å². The molecule has 1 aromatic heterocycles. The number of benzene rings is 1. The number of aryl methyl sites for hydroxylation is 1. The summed E-state index contributed by atoms with van der Waals surface area (Å²) in [7, 11) is 0. The van der Waals surface area contributed by atoms with E-state index in [1.165, 1.54) is 24.8 Å². The molecule has 2 unspecified atom stereocenters. The van der Waals surface area contributed by atoms with Crippen LogP contribution in [0.5, 0.6) is 5.75 Å². The lowest BCUT2D eigenvalue weighted by Crippen LogP contribution is -2.39. The molecular formula is C19H26N2O2S. The third-order valence-corrected chi connectivity index (χ3v) is 5.51. The molecule has 0 aliphatic heterocycles. The van der Waals surface area contributed by atoms with E-state index in [1.54, 1.807) is 11.3 Å². The number of nitrogens with zero attached hydrogens (tertiary/aromatic N) is 1.